The fourth-order valence-electron chi connectivity index (χ4n) is 2.01. The minimum atomic E-state index is -0.532. The van der Waals surface area contributed by atoms with Crippen LogP contribution in [0.1, 0.15) is 20.3 Å². The Hall–Kier alpha value is -1.89. The van der Waals surface area contributed by atoms with Gasteiger partial charge in [0, 0.05) is 11.4 Å². The monoisotopic (exact) mass is 338 g/mol. The van der Waals surface area contributed by atoms with Crippen molar-refractivity contribution >= 4 is 23.6 Å². The zero-order chi connectivity index (χ0) is 16.7. The number of rotatable bonds is 7. The Labute approximate surface area is 140 Å². The quantitative estimate of drug-likeness (QED) is 0.738. The molecular formula is C16H22N2O4S. The topological polar surface area (TPSA) is 76.7 Å². The largest absolute Gasteiger partial charge is 0.486 e. The van der Waals surface area contributed by atoms with Crippen molar-refractivity contribution in [2.75, 3.05) is 25.5 Å². The first-order chi connectivity index (χ1) is 11.1. The summed E-state index contributed by atoms with van der Waals surface area (Å²) in [7, 11) is 0. The first-order valence-corrected chi connectivity index (χ1v) is 8.68. The van der Waals surface area contributed by atoms with Gasteiger partial charge in [0.05, 0.1) is 5.75 Å². The van der Waals surface area contributed by atoms with Gasteiger partial charge in [-0.05, 0) is 31.5 Å². The Morgan fingerprint density at radius 1 is 1.26 bits per heavy atom. The molecule has 0 spiro atoms. The van der Waals surface area contributed by atoms with Crippen molar-refractivity contribution < 1.29 is 19.1 Å². The third-order valence-electron chi connectivity index (χ3n) is 3.20. The normalized spacial score (nSPS) is 14.0. The van der Waals surface area contributed by atoms with Crippen LogP contribution in [0.4, 0.5) is 0 Å². The SMILES string of the molecule is CCCNC(=O)[C@H](C)NC(=O)CSc1ccc2c(c1)OCCO2. The van der Waals surface area contributed by atoms with Crippen LogP contribution in [0, 0.1) is 0 Å². The molecule has 1 aromatic carbocycles. The van der Waals surface area contributed by atoms with E-state index in [0.29, 0.717) is 25.5 Å². The predicted molar refractivity (Wildman–Crippen MR) is 89.1 cm³/mol. The van der Waals surface area contributed by atoms with Gasteiger partial charge in [0.2, 0.25) is 11.8 Å². The number of nitrogens with one attached hydrogen (secondary N) is 2. The van der Waals surface area contributed by atoms with Crippen LogP contribution in [-0.4, -0.2) is 43.4 Å². The number of amides is 2. The summed E-state index contributed by atoms with van der Waals surface area (Å²) in [4.78, 5) is 24.6. The molecule has 126 valence electrons. The summed E-state index contributed by atoms with van der Waals surface area (Å²) >= 11 is 1.39. The van der Waals surface area contributed by atoms with Crippen molar-refractivity contribution in [1.29, 1.82) is 0 Å². The lowest BCUT2D eigenvalue weighted by molar-refractivity contribution is -0.127. The second-order valence-electron chi connectivity index (χ2n) is 5.17. The van der Waals surface area contributed by atoms with Gasteiger partial charge in [-0.25, -0.2) is 0 Å². The predicted octanol–water partition coefficient (Wildman–Crippen LogP) is 1.58. The molecular weight excluding hydrogens is 316 g/mol. The van der Waals surface area contributed by atoms with Gasteiger partial charge in [-0.15, -0.1) is 11.8 Å². The lowest BCUT2D eigenvalue weighted by Crippen LogP contribution is -2.45. The zero-order valence-corrected chi connectivity index (χ0v) is 14.2. The van der Waals surface area contributed by atoms with Crippen molar-refractivity contribution in [2.45, 2.75) is 31.2 Å². The van der Waals surface area contributed by atoms with Crippen LogP contribution in [0.2, 0.25) is 0 Å². The van der Waals surface area contributed by atoms with Crippen molar-refractivity contribution in [1.82, 2.24) is 10.6 Å². The maximum absolute atomic E-state index is 11.9. The van der Waals surface area contributed by atoms with Crippen LogP contribution in [-0.2, 0) is 9.59 Å². The van der Waals surface area contributed by atoms with E-state index in [1.807, 2.05) is 25.1 Å². The molecule has 0 fully saturated rings. The van der Waals surface area contributed by atoms with Gasteiger partial charge >= 0.3 is 0 Å². The smallest absolute Gasteiger partial charge is 0.242 e. The molecule has 0 bridgehead atoms. The summed E-state index contributed by atoms with van der Waals surface area (Å²) in [5.74, 6) is 1.33. The molecule has 0 unspecified atom stereocenters. The van der Waals surface area contributed by atoms with E-state index >= 15 is 0 Å². The van der Waals surface area contributed by atoms with E-state index < -0.39 is 6.04 Å². The highest BCUT2D eigenvalue weighted by atomic mass is 32.2. The average Bonchev–Trinajstić information content (AvgIpc) is 2.57. The minimum Gasteiger partial charge on any atom is -0.486 e. The van der Waals surface area contributed by atoms with Crippen LogP contribution < -0.4 is 20.1 Å². The first kappa shape index (κ1) is 17.5. The van der Waals surface area contributed by atoms with E-state index in [4.69, 9.17) is 9.47 Å². The lowest BCUT2D eigenvalue weighted by Gasteiger charge is -2.18. The van der Waals surface area contributed by atoms with E-state index in [1.165, 1.54) is 11.8 Å². The van der Waals surface area contributed by atoms with Crippen molar-refractivity contribution in [3.05, 3.63) is 18.2 Å². The van der Waals surface area contributed by atoms with E-state index in [0.717, 1.165) is 17.1 Å². The van der Waals surface area contributed by atoms with Gasteiger partial charge in [0.25, 0.3) is 0 Å². The molecule has 0 radical (unpaired) electrons. The van der Waals surface area contributed by atoms with E-state index in [2.05, 4.69) is 10.6 Å². The Morgan fingerprint density at radius 3 is 2.74 bits per heavy atom. The molecule has 1 heterocycles. The highest BCUT2D eigenvalue weighted by Gasteiger charge is 2.16. The Bertz CT molecular complexity index is 565. The summed E-state index contributed by atoms with van der Waals surface area (Å²) in [6.07, 6.45) is 0.867. The van der Waals surface area contributed by atoms with Crippen LogP contribution in [0.3, 0.4) is 0 Å². The summed E-state index contributed by atoms with van der Waals surface area (Å²) in [5.41, 5.74) is 0. The van der Waals surface area contributed by atoms with Gasteiger partial charge in [-0.2, -0.15) is 0 Å². The number of hydrogen-bond donors (Lipinski definition) is 2. The molecule has 2 N–H and O–H groups in total. The van der Waals surface area contributed by atoms with Gasteiger partial charge in [-0.1, -0.05) is 6.92 Å². The van der Waals surface area contributed by atoms with Crippen LogP contribution >= 0.6 is 11.8 Å². The van der Waals surface area contributed by atoms with Gasteiger partial charge in [0.1, 0.15) is 19.3 Å². The molecule has 1 aliphatic heterocycles. The molecule has 2 amide bonds. The molecule has 1 aromatic rings. The zero-order valence-electron chi connectivity index (χ0n) is 13.4. The molecule has 7 heteroatoms. The van der Waals surface area contributed by atoms with Crippen LogP contribution in [0.25, 0.3) is 0 Å². The third kappa shape index (κ3) is 5.35. The standard InChI is InChI=1S/C16H22N2O4S/c1-3-6-17-16(20)11(2)18-15(19)10-23-12-4-5-13-14(9-12)22-8-7-21-13/h4-5,9,11H,3,6-8,10H2,1-2H3,(H,17,20)(H,18,19)/t11-/m0/s1. The number of fused-ring (bicyclic) bond motifs is 1. The highest BCUT2D eigenvalue weighted by molar-refractivity contribution is 8.00. The lowest BCUT2D eigenvalue weighted by atomic mass is 10.3. The molecule has 1 aliphatic rings. The van der Waals surface area contributed by atoms with E-state index in [-0.39, 0.29) is 17.6 Å². The maximum Gasteiger partial charge on any atom is 0.242 e. The molecule has 0 aliphatic carbocycles. The number of carbonyl (C=O) groups is 2. The van der Waals surface area contributed by atoms with Crippen molar-refractivity contribution in [3.8, 4) is 11.5 Å². The summed E-state index contributed by atoms with van der Waals surface area (Å²) in [6, 6.07) is 5.07. The Morgan fingerprint density at radius 2 is 2.00 bits per heavy atom. The van der Waals surface area contributed by atoms with Crippen molar-refractivity contribution in [2.24, 2.45) is 0 Å². The second-order valence-corrected chi connectivity index (χ2v) is 6.22. The van der Waals surface area contributed by atoms with Gasteiger partial charge in [0.15, 0.2) is 11.5 Å². The number of thioether (sulfide) groups is 1. The van der Waals surface area contributed by atoms with Crippen molar-refractivity contribution in [3.63, 3.8) is 0 Å². The molecule has 2 rings (SSSR count). The minimum absolute atomic E-state index is 0.162. The average molecular weight is 338 g/mol. The second kappa shape index (κ2) is 8.67. The van der Waals surface area contributed by atoms with Gasteiger partial charge in [-0.3, -0.25) is 9.59 Å². The van der Waals surface area contributed by atoms with E-state index in [1.54, 1.807) is 6.92 Å². The third-order valence-corrected chi connectivity index (χ3v) is 4.20. The Kier molecular flexibility index (Phi) is 6.58. The summed E-state index contributed by atoms with van der Waals surface area (Å²) < 4.78 is 11.0. The molecule has 0 saturated heterocycles. The fraction of sp³-hybridized carbons (Fsp3) is 0.500. The summed E-state index contributed by atoms with van der Waals surface area (Å²) in [6.45, 7) is 5.36. The molecule has 1 atom stereocenters. The van der Waals surface area contributed by atoms with Crippen LogP contribution in [0.15, 0.2) is 23.1 Å². The van der Waals surface area contributed by atoms with E-state index in [9.17, 15) is 9.59 Å². The van der Waals surface area contributed by atoms with Gasteiger partial charge < -0.3 is 20.1 Å². The number of ether oxygens (including phenoxy) is 2. The highest BCUT2D eigenvalue weighted by Crippen LogP contribution is 2.34. The number of carbonyl (C=O) groups excluding carboxylic acids is 2. The summed E-state index contributed by atoms with van der Waals surface area (Å²) in [5, 5.41) is 5.45. The number of hydrogen-bond acceptors (Lipinski definition) is 5. The molecule has 6 nitrogen and oxygen atoms in total. The maximum atomic E-state index is 11.9. The number of benzene rings is 1. The molecule has 23 heavy (non-hydrogen) atoms. The Balaban J connectivity index is 1.79. The first-order valence-electron chi connectivity index (χ1n) is 7.69. The fourth-order valence-corrected chi connectivity index (χ4v) is 2.75. The molecule has 0 saturated carbocycles. The molecule has 0 aromatic heterocycles. The van der Waals surface area contributed by atoms with Crippen LogP contribution in [0.5, 0.6) is 11.5 Å².